The van der Waals surface area contributed by atoms with Crippen LogP contribution in [0.2, 0.25) is 0 Å². The maximum absolute atomic E-state index is 12.2. The van der Waals surface area contributed by atoms with Gasteiger partial charge in [0, 0.05) is 11.6 Å². The fourth-order valence-electron chi connectivity index (χ4n) is 2.03. The highest BCUT2D eigenvalue weighted by Crippen LogP contribution is 2.21. The smallest absolute Gasteiger partial charge is 0.338 e. The van der Waals surface area contributed by atoms with E-state index in [-0.39, 0.29) is 12.5 Å². The monoisotopic (exact) mass is 329 g/mol. The van der Waals surface area contributed by atoms with Gasteiger partial charge in [0.1, 0.15) is 11.5 Å². The molecule has 2 aromatic carbocycles. The van der Waals surface area contributed by atoms with Crippen LogP contribution >= 0.6 is 0 Å². The van der Waals surface area contributed by atoms with Gasteiger partial charge in [-0.05, 0) is 37.3 Å². The van der Waals surface area contributed by atoms with Crippen molar-refractivity contribution >= 4 is 11.9 Å². The summed E-state index contributed by atoms with van der Waals surface area (Å²) in [6.45, 7) is 1.54. The molecule has 2 aromatic rings. The Balaban J connectivity index is 2.00. The molecule has 0 saturated heterocycles. The van der Waals surface area contributed by atoms with Crippen molar-refractivity contribution in [1.29, 1.82) is 0 Å². The number of amides is 3. The van der Waals surface area contributed by atoms with Gasteiger partial charge >= 0.3 is 6.03 Å². The van der Waals surface area contributed by atoms with E-state index in [4.69, 9.17) is 10.5 Å². The fourth-order valence-corrected chi connectivity index (χ4v) is 2.03. The third-order valence-electron chi connectivity index (χ3n) is 3.15. The molecule has 0 radical (unpaired) electrons. The van der Waals surface area contributed by atoms with Crippen LogP contribution in [0.5, 0.6) is 11.5 Å². The summed E-state index contributed by atoms with van der Waals surface area (Å²) < 4.78 is 5.68. The first kappa shape index (κ1) is 17.3. The van der Waals surface area contributed by atoms with Crippen LogP contribution in [0.1, 0.15) is 17.3 Å². The van der Waals surface area contributed by atoms with Gasteiger partial charge < -0.3 is 15.8 Å². The zero-order valence-corrected chi connectivity index (χ0v) is 13.2. The summed E-state index contributed by atoms with van der Waals surface area (Å²) in [7, 11) is 0. The van der Waals surface area contributed by atoms with E-state index in [1.807, 2.05) is 30.3 Å². The molecule has 0 aliphatic rings. The average molecular weight is 329 g/mol. The third kappa shape index (κ3) is 4.99. The number of para-hydroxylation sites is 1. The number of hydrogen-bond acceptors (Lipinski definition) is 4. The number of rotatable bonds is 6. The van der Waals surface area contributed by atoms with Crippen LogP contribution in [0.25, 0.3) is 0 Å². The van der Waals surface area contributed by atoms with Crippen LogP contribution in [-0.2, 0) is 0 Å². The molecule has 7 nitrogen and oxygen atoms in total. The highest BCUT2D eigenvalue weighted by molar-refractivity contribution is 5.94. The van der Waals surface area contributed by atoms with Crippen LogP contribution in [0, 0.1) is 0 Å². The topological polar surface area (TPSA) is 105 Å². The standard InChI is InChI=1S/C17H19N3O4/c1-12(11-20(23)17(18)22)19-16(21)13-6-5-9-15(10-13)24-14-7-3-2-4-8-14/h2-10,12,23H,11H2,1H3,(H2,18,22)(H,19,21). The van der Waals surface area contributed by atoms with Crippen molar-refractivity contribution in [3.05, 3.63) is 60.2 Å². The predicted octanol–water partition coefficient (Wildman–Crippen LogP) is 2.37. The molecule has 0 aliphatic carbocycles. The molecule has 0 heterocycles. The Morgan fingerprint density at radius 2 is 1.83 bits per heavy atom. The second kappa shape index (κ2) is 7.98. The lowest BCUT2D eigenvalue weighted by atomic mass is 10.2. The normalized spacial score (nSPS) is 11.4. The largest absolute Gasteiger partial charge is 0.457 e. The average Bonchev–Trinajstić information content (AvgIpc) is 2.55. The third-order valence-corrected chi connectivity index (χ3v) is 3.15. The molecule has 126 valence electrons. The number of carbonyl (C=O) groups is 2. The van der Waals surface area contributed by atoms with E-state index >= 15 is 0 Å². The highest BCUT2D eigenvalue weighted by atomic mass is 16.5. The molecule has 4 N–H and O–H groups in total. The number of ether oxygens (including phenoxy) is 1. The summed E-state index contributed by atoms with van der Waals surface area (Å²) in [5.41, 5.74) is 5.33. The summed E-state index contributed by atoms with van der Waals surface area (Å²) in [5.74, 6) is 0.849. The van der Waals surface area contributed by atoms with Crippen LogP contribution in [-0.4, -0.2) is 34.8 Å². The minimum atomic E-state index is -0.977. The zero-order valence-electron chi connectivity index (χ0n) is 13.2. The molecular formula is C17H19N3O4. The molecule has 2 rings (SSSR count). The molecule has 1 atom stereocenters. The Kier molecular flexibility index (Phi) is 5.75. The number of primary amides is 1. The lowest BCUT2D eigenvalue weighted by molar-refractivity contribution is -0.0440. The minimum Gasteiger partial charge on any atom is -0.457 e. The number of carbonyl (C=O) groups excluding carboxylic acids is 2. The van der Waals surface area contributed by atoms with Gasteiger partial charge in [0.25, 0.3) is 5.91 Å². The number of hydroxylamine groups is 2. The zero-order chi connectivity index (χ0) is 17.5. The Morgan fingerprint density at radius 3 is 2.50 bits per heavy atom. The van der Waals surface area contributed by atoms with E-state index in [1.165, 1.54) is 0 Å². The maximum atomic E-state index is 12.2. The molecule has 1 unspecified atom stereocenters. The van der Waals surface area contributed by atoms with Gasteiger partial charge in [0.15, 0.2) is 0 Å². The molecular weight excluding hydrogens is 310 g/mol. The molecule has 0 aromatic heterocycles. The van der Waals surface area contributed by atoms with E-state index in [0.717, 1.165) is 0 Å². The Bertz CT molecular complexity index is 706. The molecule has 0 spiro atoms. The quantitative estimate of drug-likeness (QED) is 0.559. The van der Waals surface area contributed by atoms with Gasteiger partial charge in [0.2, 0.25) is 0 Å². The SMILES string of the molecule is CC(CN(O)C(N)=O)NC(=O)c1cccc(Oc2ccccc2)c1. The predicted molar refractivity (Wildman–Crippen MR) is 88.0 cm³/mol. The van der Waals surface area contributed by atoms with Gasteiger partial charge in [-0.25, -0.2) is 9.86 Å². The first-order valence-electron chi connectivity index (χ1n) is 7.35. The number of hydrogen-bond donors (Lipinski definition) is 3. The summed E-state index contributed by atoms with van der Waals surface area (Å²) in [5, 5.41) is 12.3. The summed E-state index contributed by atoms with van der Waals surface area (Å²) in [4.78, 5) is 23.0. The maximum Gasteiger partial charge on any atom is 0.338 e. The Labute approximate surface area is 139 Å². The number of nitrogens with two attached hydrogens (primary N) is 1. The second-order valence-corrected chi connectivity index (χ2v) is 5.24. The van der Waals surface area contributed by atoms with E-state index < -0.39 is 12.1 Å². The molecule has 0 aliphatic heterocycles. The van der Waals surface area contributed by atoms with Gasteiger partial charge in [0.05, 0.1) is 6.54 Å². The van der Waals surface area contributed by atoms with Gasteiger partial charge in [-0.1, -0.05) is 24.3 Å². The molecule has 0 fully saturated rings. The van der Waals surface area contributed by atoms with E-state index in [9.17, 15) is 14.8 Å². The number of urea groups is 1. The second-order valence-electron chi connectivity index (χ2n) is 5.24. The van der Waals surface area contributed by atoms with Crippen molar-refractivity contribution < 1.29 is 19.5 Å². The summed E-state index contributed by atoms with van der Waals surface area (Å²) in [6, 6.07) is 14.5. The van der Waals surface area contributed by atoms with Crippen LogP contribution in [0.4, 0.5) is 4.79 Å². The Hall–Kier alpha value is -3.06. The first-order chi connectivity index (χ1) is 11.5. The molecule has 0 saturated carbocycles. The van der Waals surface area contributed by atoms with Gasteiger partial charge in [-0.15, -0.1) is 0 Å². The fraction of sp³-hybridized carbons (Fsp3) is 0.176. The number of nitrogens with zero attached hydrogens (tertiary/aromatic N) is 1. The first-order valence-corrected chi connectivity index (χ1v) is 7.35. The van der Waals surface area contributed by atoms with Crippen molar-refractivity contribution in [2.24, 2.45) is 5.73 Å². The van der Waals surface area contributed by atoms with Crippen molar-refractivity contribution in [3.8, 4) is 11.5 Å². The van der Waals surface area contributed by atoms with E-state index in [0.29, 0.717) is 22.1 Å². The summed E-state index contributed by atoms with van der Waals surface area (Å²) in [6.07, 6.45) is 0. The molecule has 7 heteroatoms. The van der Waals surface area contributed by atoms with Crippen molar-refractivity contribution in [1.82, 2.24) is 10.4 Å². The van der Waals surface area contributed by atoms with Gasteiger partial charge in [-0.3, -0.25) is 10.0 Å². The Morgan fingerprint density at radius 1 is 1.17 bits per heavy atom. The van der Waals surface area contributed by atoms with Crippen molar-refractivity contribution in [2.75, 3.05) is 6.54 Å². The molecule has 0 bridgehead atoms. The lowest BCUT2D eigenvalue weighted by Gasteiger charge is -2.19. The van der Waals surface area contributed by atoms with Crippen molar-refractivity contribution in [3.63, 3.8) is 0 Å². The van der Waals surface area contributed by atoms with E-state index in [2.05, 4.69) is 5.32 Å². The van der Waals surface area contributed by atoms with E-state index in [1.54, 1.807) is 31.2 Å². The lowest BCUT2D eigenvalue weighted by Crippen LogP contribution is -2.44. The van der Waals surface area contributed by atoms with Crippen LogP contribution < -0.4 is 15.8 Å². The minimum absolute atomic E-state index is 0.110. The van der Waals surface area contributed by atoms with Crippen LogP contribution in [0.15, 0.2) is 54.6 Å². The molecule has 3 amide bonds. The van der Waals surface area contributed by atoms with Crippen molar-refractivity contribution in [2.45, 2.75) is 13.0 Å². The number of benzene rings is 2. The van der Waals surface area contributed by atoms with Crippen LogP contribution in [0.3, 0.4) is 0 Å². The van der Waals surface area contributed by atoms with Gasteiger partial charge in [-0.2, -0.15) is 0 Å². The number of nitrogens with one attached hydrogen (secondary N) is 1. The highest BCUT2D eigenvalue weighted by Gasteiger charge is 2.15. The molecule has 24 heavy (non-hydrogen) atoms. The summed E-state index contributed by atoms with van der Waals surface area (Å²) >= 11 is 0.